The van der Waals surface area contributed by atoms with E-state index in [9.17, 15) is 4.79 Å². The van der Waals surface area contributed by atoms with E-state index in [1.54, 1.807) is 0 Å². The molecule has 0 aliphatic heterocycles. The lowest BCUT2D eigenvalue weighted by molar-refractivity contribution is -0.140. The predicted octanol–water partition coefficient (Wildman–Crippen LogP) is 5.66. The van der Waals surface area contributed by atoms with Crippen molar-refractivity contribution in [2.45, 2.75) is 84.5 Å². The van der Waals surface area contributed by atoms with E-state index < -0.39 is 0 Å². The van der Waals surface area contributed by atoms with Gasteiger partial charge in [-0.05, 0) is 38.0 Å². The van der Waals surface area contributed by atoms with Crippen LogP contribution in [-0.2, 0) is 9.53 Å². The molecule has 20 heavy (non-hydrogen) atoms. The first-order valence-corrected chi connectivity index (χ1v) is 8.42. The van der Waals surface area contributed by atoms with Crippen LogP contribution in [0, 0.1) is 5.92 Å². The number of carbonyl (C=O) groups excluding carboxylic acids is 1. The van der Waals surface area contributed by atoms with E-state index in [-0.39, 0.29) is 5.97 Å². The van der Waals surface area contributed by atoms with Gasteiger partial charge in [-0.2, -0.15) is 0 Å². The summed E-state index contributed by atoms with van der Waals surface area (Å²) in [6.45, 7) is 4.62. The van der Waals surface area contributed by atoms with Gasteiger partial charge in [0.25, 0.3) is 0 Å². The first kappa shape index (κ1) is 19.2. The Morgan fingerprint density at radius 3 is 2.20 bits per heavy atom. The fourth-order valence-electron chi connectivity index (χ4n) is 2.18. The van der Waals surface area contributed by atoms with E-state index in [2.05, 4.69) is 30.7 Å². The molecule has 0 bridgehead atoms. The molecule has 0 radical (unpaired) electrons. The van der Waals surface area contributed by atoms with Crippen LogP contribution in [0.1, 0.15) is 84.5 Å². The first-order chi connectivity index (χ1) is 9.70. The van der Waals surface area contributed by atoms with E-state index in [0.717, 1.165) is 18.8 Å². The molecule has 0 saturated heterocycles. The summed E-state index contributed by atoms with van der Waals surface area (Å²) < 4.78 is 4.61. The number of methoxy groups -OCH3 is 1. The predicted molar refractivity (Wildman–Crippen MR) is 86.8 cm³/mol. The molecule has 2 nitrogen and oxygen atoms in total. The standard InChI is InChI=1S/C18H34O2/c1-4-17(2)15-13-11-9-7-5-6-8-10-12-14-16-18(19)20-3/h5,7,17H,4,6,8-16H2,1-3H3. The normalized spacial score (nSPS) is 12.8. The summed E-state index contributed by atoms with van der Waals surface area (Å²) in [5.74, 6) is 0.811. The van der Waals surface area contributed by atoms with Crippen molar-refractivity contribution in [2.24, 2.45) is 5.92 Å². The summed E-state index contributed by atoms with van der Waals surface area (Å²) in [7, 11) is 1.45. The van der Waals surface area contributed by atoms with Crippen LogP contribution < -0.4 is 0 Å². The largest absolute Gasteiger partial charge is 0.469 e. The Balaban J connectivity index is 3.18. The maximum absolute atomic E-state index is 10.9. The van der Waals surface area contributed by atoms with Crippen molar-refractivity contribution >= 4 is 5.97 Å². The molecule has 0 aliphatic rings. The van der Waals surface area contributed by atoms with Crippen molar-refractivity contribution in [3.63, 3.8) is 0 Å². The van der Waals surface area contributed by atoms with Gasteiger partial charge in [0.1, 0.15) is 0 Å². The maximum atomic E-state index is 10.9. The Hall–Kier alpha value is -0.790. The molecule has 0 heterocycles. The average Bonchev–Trinajstić information content (AvgIpc) is 2.47. The van der Waals surface area contributed by atoms with Crippen LogP contribution in [-0.4, -0.2) is 13.1 Å². The van der Waals surface area contributed by atoms with Crippen LogP contribution in [0.25, 0.3) is 0 Å². The SMILES string of the molecule is CCC(C)CCCCC=CCCCCCCC(=O)OC. The summed E-state index contributed by atoms with van der Waals surface area (Å²) in [4.78, 5) is 10.9. The van der Waals surface area contributed by atoms with Crippen LogP contribution in [0.3, 0.4) is 0 Å². The number of allylic oxidation sites excluding steroid dienone is 2. The molecule has 0 aromatic rings. The van der Waals surface area contributed by atoms with E-state index in [0.29, 0.717) is 6.42 Å². The number of unbranched alkanes of at least 4 members (excludes halogenated alkanes) is 6. The lowest BCUT2D eigenvalue weighted by Crippen LogP contribution is -1.98. The Labute approximate surface area is 126 Å². The van der Waals surface area contributed by atoms with Crippen LogP contribution in [0.2, 0.25) is 0 Å². The minimum absolute atomic E-state index is 0.0812. The second-order valence-electron chi connectivity index (χ2n) is 5.80. The Bertz CT molecular complexity index is 246. The molecule has 0 rings (SSSR count). The molecular weight excluding hydrogens is 248 g/mol. The molecule has 1 unspecified atom stereocenters. The third kappa shape index (κ3) is 13.6. The second-order valence-corrected chi connectivity index (χ2v) is 5.80. The first-order valence-electron chi connectivity index (χ1n) is 8.42. The monoisotopic (exact) mass is 282 g/mol. The Morgan fingerprint density at radius 1 is 1.00 bits per heavy atom. The molecule has 118 valence electrons. The van der Waals surface area contributed by atoms with Crippen LogP contribution in [0.15, 0.2) is 12.2 Å². The summed E-state index contributed by atoms with van der Waals surface area (Å²) in [6, 6.07) is 0. The fourth-order valence-corrected chi connectivity index (χ4v) is 2.18. The molecule has 0 fully saturated rings. The van der Waals surface area contributed by atoms with Crippen LogP contribution >= 0.6 is 0 Å². The summed E-state index contributed by atoms with van der Waals surface area (Å²) in [5, 5.41) is 0. The highest BCUT2D eigenvalue weighted by molar-refractivity contribution is 5.68. The molecule has 1 atom stereocenters. The van der Waals surface area contributed by atoms with Gasteiger partial charge in [0.2, 0.25) is 0 Å². The highest BCUT2D eigenvalue weighted by Gasteiger charge is 1.98. The third-order valence-corrected chi connectivity index (χ3v) is 3.91. The van der Waals surface area contributed by atoms with Gasteiger partial charge >= 0.3 is 5.97 Å². The zero-order valence-electron chi connectivity index (χ0n) is 13.8. The topological polar surface area (TPSA) is 26.3 Å². The van der Waals surface area contributed by atoms with Crippen molar-refractivity contribution in [1.82, 2.24) is 0 Å². The van der Waals surface area contributed by atoms with Crippen LogP contribution in [0.4, 0.5) is 0 Å². The molecule has 0 saturated carbocycles. The lowest BCUT2D eigenvalue weighted by atomic mass is 10.0. The minimum Gasteiger partial charge on any atom is -0.469 e. The summed E-state index contributed by atoms with van der Waals surface area (Å²) >= 11 is 0. The molecule has 0 aromatic carbocycles. The van der Waals surface area contributed by atoms with E-state index in [1.165, 1.54) is 58.5 Å². The number of carbonyl (C=O) groups is 1. The Morgan fingerprint density at radius 2 is 1.60 bits per heavy atom. The zero-order chi connectivity index (χ0) is 15.1. The van der Waals surface area contributed by atoms with E-state index in [1.807, 2.05) is 0 Å². The van der Waals surface area contributed by atoms with Crippen molar-refractivity contribution < 1.29 is 9.53 Å². The molecular formula is C18H34O2. The molecule has 0 spiro atoms. The number of hydrogen-bond donors (Lipinski definition) is 0. The van der Waals surface area contributed by atoms with Gasteiger partial charge in [-0.25, -0.2) is 0 Å². The highest BCUT2D eigenvalue weighted by Crippen LogP contribution is 2.12. The summed E-state index contributed by atoms with van der Waals surface area (Å²) in [6.07, 6.45) is 17.6. The van der Waals surface area contributed by atoms with Gasteiger partial charge in [0, 0.05) is 6.42 Å². The molecule has 0 amide bonds. The quantitative estimate of drug-likeness (QED) is 0.247. The van der Waals surface area contributed by atoms with Gasteiger partial charge < -0.3 is 4.74 Å². The number of esters is 1. The van der Waals surface area contributed by atoms with Crippen molar-refractivity contribution in [2.75, 3.05) is 7.11 Å². The highest BCUT2D eigenvalue weighted by atomic mass is 16.5. The zero-order valence-corrected chi connectivity index (χ0v) is 13.8. The Kier molecular flexibility index (Phi) is 14.0. The molecule has 0 N–H and O–H groups in total. The number of ether oxygens (including phenoxy) is 1. The van der Waals surface area contributed by atoms with Gasteiger partial charge in [0.15, 0.2) is 0 Å². The number of hydrogen-bond acceptors (Lipinski definition) is 2. The molecule has 0 aliphatic carbocycles. The van der Waals surface area contributed by atoms with Gasteiger partial charge in [-0.1, -0.05) is 58.1 Å². The smallest absolute Gasteiger partial charge is 0.305 e. The maximum Gasteiger partial charge on any atom is 0.305 e. The molecule has 2 heteroatoms. The molecule has 0 aromatic heterocycles. The lowest BCUT2D eigenvalue weighted by Gasteiger charge is -2.06. The van der Waals surface area contributed by atoms with Gasteiger partial charge in [-0.15, -0.1) is 0 Å². The van der Waals surface area contributed by atoms with E-state index in [4.69, 9.17) is 0 Å². The van der Waals surface area contributed by atoms with E-state index >= 15 is 0 Å². The van der Waals surface area contributed by atoms with Crippen molar-refractivity contribution in [3.8, 4) is 0 Å². The van der Waals surface area contributed by atoms with Crippen molar-refractivity contribution in [1.29, 1.82) is 0 Å². The number of rotatable bonds is 13. The van der Waals surface area contributed by atoms with Crippen molar-refractivity contribution in [3.05, 3.63) is 12.2 Å². The second kappa shape index (κ2) is 14.6. The minimum atomic E-state index is -0.0812. The van der Waals surface area contributed by atoms with Gasteiger partial charge in [0.05, 0.1) is 7.11 Å². The third-order valence-electron chi connectivity index (χ3n) is 3.91. The van der Waals surface area contributed by atoms with Gasteiger partial charge in [-0.3, -0.25) is 4.79 Å². The average molecular weight is 282 g/mol. The fraction of sp³-hybridized carbons (Fsp3) is 0.833. The van der Waals surface area contributed by atoms with Crippen LogP contribution in [0.5, 0.6) is 0 Å². The summed E-state index contributed by atoms with van der Waals surface area (Å²) in [5.41, 5.74) is 0.